The minimum atomic E-state index is 0.309. The van der Waals surface area contributed by atoms with Gasteiger partial charge in [-0.2, -0.15) is 0 Å². The van der Waals surface area contributed by atoms with E-state index in [0.29, 0.717) is 5.37 Å². The molecule has 0 aromatic carbocycles. The Morgan fingerprint density at radius 1 is 1.26 bits per heavy atom. The number of anilines is 1. The van der Waals surface area contributed by atoms with E-state index in [0.717, 1.165) is 27.6 Å². The number of hydrogen-bond acceptors (Lipinski definition) is 4. The Morgan fingerprint density at radius 3 is 2.78 bits per heavy atom. The Hall–Kier alpha value is -1.66. The predicted octanol–water partition coefficient (Wildman–Crippen LogP) is 4.83. The van der Waals surface area contributed by atoms with Gasteiger partial charge in [0.05, 0.1) is 5.69 Å². The summed E-state index contributed by atoms with van der Waals surface area (Å²) in [6.07, 6.45) is 3.27. The molecular formula is C17H18N4S2. The molecular weight excluding hydrogens is 324 g/mol. The first kappa shape index (κ1) is 13.7. The first-order chi connectivity index (χ1) is 11.2. The fourth-order valence-electron chi connectivity index (χ4n) is 3.29. The van der Waals surface area contributed by atoms with Gasteiger partial charge in [-0.05, 0) is 36.6 Å². The van der Waals surface area contributed by atoms with Crippen LogP contribution in [0.15, 0.2) is 35.5 Å². The van der Waals surface area contributed by atoms with Gasteiger partial charge < -0.3 is 14.9 Å². The van der Waals surface area contributed by atoms with Gasteiger partial charge in [0.1, 0.15) is 20.4 Å². The average molecular weight is 342 g/mol. The summed E-state index contributed by atoms with van der Waals surface area (Å²) in [7, 11) is 2.17. The van der Waals surface area contributed by atoms with Gasteiger partial charge in [-0.25, -0.2) is 4.98 Å². The van der Waals surface area contributed by atoms with Crippen LogP contribution in [0.3, 0.4) is 0 Å². The van der Waals surface area contributed by atoms with Crippen molar-refractivity contribution in [2.75, 3.05) is 11.9 Å². The molecule has 118 valence electrons. The van der Waals surface area contributed by atoms with Gasteiger partial charge in [0.2, 0.25) is 0 Å². The molecule has 4 heterocycles. The van der Waals surface area contributed by atoms with Crippen LogP contribution in [0.5, 0.6) is 0 Å². The standard InChI is InChI=1S/C17H18N4S2/c1-9-8-10(9)11-5-6-13(19-11)16-21(2)17-15(23-16)20-14(22-17)12-4-3-7-18-12/h3-7,9-10,16,18-19H,8H2,1-2H3/t9?,10-,16?/m0/s1. The smallest absolute Gasteiger partial charge is 0.143 e. The lowest BCUT2D eigenvalue weighted by Crippen LogP contribution is -2.16. The second-order valence-electron chi connectivity index (χ2n) is 6.48. The fraction of sp³-hybridized carbons (Fsp3) is 0.353. The van der Waals surface area contributed by atoms with E-state index >= 15 is 0 Å². The van der Waals surface area contributed by atoms with Crippen LogP contribution in [0, 0.1) is 5.92 Å². The molecule has 2 aliphatic rings. The van der Waals surface area contributed by atoms with Crippen molar-refractivity contribution in [3.05, 3.63) is 41.9 Å². The molecule has 1 aliphatic carbocycles. The number of nitrogens with one attached hydrogen (secondary N) is 2. The highest BCUT2D eigenvalue weighted by Gasteiger charge is 2.37. The van der Waals surface area contributed by atoms with E-state index in [4.69, 9.17) is 4.98 Å². The lowest BCUT2D eigenvalue weighted by molar-refractivity contribution is 0.856. The molecule has 4 nitrogen and oxygen atoms in total. The molecule has 0 spiro atoms. The largest absolute Gasteiger partial charge is 0.360 e. The van der Waals surface area contributed by atoms with Crippen molar-refractivity contribution in [3.63, 3.8) is 0 Å². The van der Waals surface area contributed by atoms with E-state index < -0.39 is 0 Å². The van der Waals surface area contributed by atoms with Gasteiger partial charge in [0.15, 0.2) is 0 Å². The molecule has 2 N–H and O–H groups in total. The van der Waals surface area contributed by atoms with Crippen LogP contribution in [0.1, 0.15) is 36.0 Å². The fourth-order valence-corrected chi connectivity index (χ4v) is 5.75. The zero-order valence-corrected chi connectivity index (χ0v) is 14.7. The van der Waals surface area contributed by atoms with Gasteiger partial charge in [0, 0.05) is 30.6 Å². The number of nitrogens with zero attached hydrogens (tertiary/aromatic N) is 2. The van der Waals surface area contributed by atoms with Crippen molar-refractivity contribution in [2.24, 2.45) is 5.92 Å². The quantitative estimate of drug-likeness (QED) is 0.716. The number of aromatic amines is 2. The molecule has 3 aromatic heterocycles. The van der Waals surface area contributed by atoms with Crippen molar-refractivity contribution in [1.82, 2.24) is 15.0 Å². The number of hydrogen-bond donors (Lipinski definition) is 2. The van der Waals surface area contributed by atoms with Crippen LogP contribution in [-0.4, -0.2) is 22.0 Å². The maximum absolute atomic E-state index is 4.82. The number of rotatable bonds is 3. The molecule has 0 bridgehead atoms. The van der Waals surface area contributed by atoms with Crippen LogP contribution < -0.4 is 4.90 Å². The number of thioether (sulfide) groups is 1. The number of aromatic nitrogens is 3. The van der Waals surface area contributed by atoms with Crippen molar-refractivity contribution in [1.29, 1.82) is 0 Å². The lowest BCUT2D eigenvalue weighted by atomic mass is 10.2. The van der Waals surface area contributed by atoms with E-state index in [1.165, 1.54) is 22.8 Å². The van der Waals surface area contributed by atoms with Crippen LogP contribution in [-0.2, 0) is 0 Å². The van der Waals surface area contributed by atoms with E-state index in [9.17, 15) is 0 Å². The Balaban J connectivity index is 1.41. The third-order valence-corrected chi connectivity index (χ3v) is 7.42. The Kier molecular flexibility index (Phi) is 2.94. The molecule has 23 heavy (non-hydrogen) atoms. The normalized spacial score (nSPS) is 25.8. The van der Waals surface area contributed by atoms with Crippen LogP contribution in [0.4, 0.5) is 5.00 Å². The molecule has 0 amide bonds. The van der Waals surface area contributed by atoms with Gasteiger partial charge in [-0.3, -0.25) is 0 Å². The summed E-state index contributed by atoms with van der Waals surface area (Å²) < 4.78 is 0. The maximum Gasteiger partial charge on any atom is 0.143 e. The van der Waals surface area contributed by atoms with E-state index in [2.05, 4.69) is 47.0 Å². The summed E-state index contributed by atoms with van der Waals surface area (Å²) in [5, 5.41) is 3.78. The Morgan fingerprint density at radius 2 is 2.09 bits per heavy atom. The lowest BCUT2D eigenvalue weighted by Gasteiger charge is -2.19. The second-order valence-corrected chi connectivity index (χ2v) is 8.53. The van der Waals surface area contributed by atoms with Gasteiger partial charge in [-0.15, -0.1) is 0 Å². The summed E-state index contributed by atoms with van der Waals surface area (Å²) in [4.78, 5) is 14.1. The summed E-state index contributed by atoms with van der Waals surface area (Å²) >= 11 is 3.60. The van der Waals surface area contributed by atoms with Crippen molar-refractivity contribution in [2.45, 2.75) is 29.7 Å². The molecule has 6 heteroatoms. The van der Waals surface area contributed by atoms with E-state index in [1.807, 2.05) is 24.0 Å². The first-order valence-electron chi connectivity index (χ1n) is 7.93. The zero-order chi connectivity index (χ0) is 15.6. The maximum atomic E-state index is 4.82. The monoisotopic (exact) mass is 342 g/mol. The predicted molar refractivity (Wildman–Crippen MR) is 96.2 cm³/mol. The summed E-state index contributed by atoms with van der Waals surface area (Å²) in [5.41, 5.74) is 3.79. The summed E-state index contributed by atoms with van der Waals surface area (Å²) in [6.45, 7) is 2.32. The van der Waals surface area contributed by atoms with E-state index in [1.54, 1.807) is 11.3 Å². The van der Waals surface area contributed by atoms with Crippen molar-refractivity contribution < 1.29 is 0 Å². The van der Waals surface area contributed by atoms with Crippen LogP contribution in [0.25, 0.3) is 10.7 Å². The number of fused-ring (bicyclic) bond motifs is 1. The number of thiazole rings is 1. The summed E-state index contributed by atoms with van der Waals surface area (Å²) in [5.74, 6) is 1.58. The molecule has 0 radical (unpaired) electrons. The third-order valence-electron chi connectivity index (χ3n) is 4.81. The van der Waals surface area contributed by atoms with E-state index in [-0.39, 0.29) is 0 Å². The Bertz CT molecular complexity index is 848. The molecule has 3 atom stereocenters. The molecule has 2 unspecified atom stereocenters. The summed E-state index contributed by atoms with van der Waals surface area (Å²) in [6, 6.07) is 8.60. The molecule has 0 saturated heterocycles. The van der Waals surface area contributed by atoms with Gasteiger partial charge in [-0.1, -0.05) is 30.0 Å². The third kappa shape index (κ3) is 2.16. The molecule has 1 saturated carbocycles. The van der Waals surface area contributed by atoms with Crippen LogP contribution >= 0.6 is 23.1 Å². The Labute approximate surface area is 143 Å². The average Bonchev–Trinajstić information content (AvgIpc) is 3.07. The van der Waals surface area contributed by atoms with Crippen molar-refractivity contribution in [3.8, 4) is 10.7 Å². The van der Waals surface area contributed by atoms with Crippen molar-refractivity contribution >= 4 is 28.1 Å². The highest BCUT2D eigenvalue weighted by molar-refractivity contribution is 8.00. The molecule has 3 aromatic rings. The molecule has 1 aliphatic heterocycles. The highest BCUT2D eigenvalue weighted by Crippen LogP contribution is 2.54. The SMILES string of the molecule is CC1C[C@@H]1c1ccc(C2Sc3nc(-c4ccc[nH]4)sc3N2C)[nH]1. The number of H-pyrrole nitrogens is 2. The van der Waals surface area contributed by atoms with Gasteiger partial charge >= 0.3 is 0 Å². The topological polar surface area (TPSA) is 47.7 Å². The highest BCUT2D eigenvalue weighted by atomic mass is 32.2. The molecule has 5 rings (SSSR count). The van der Waals surface area contributed by atoms with Crippen LogP contribution in [0.2, 0.25) is 0 Å². The second kappa shape index (κ2) is 4.92. The minimum absolute atomic E-state index is 0.309. The van der Waals surface area contributed by atoms with Gasteiger partial charge in [0.25, 0.3) is 0 Å². The molecule has 1 fully saturated rings. The zero-order valence-electron chi connectivity index (χ0n) is 13.0. The first-order valence-corrected chi connectivity index (χ1v) is 9.63. The minimum Gasteiger partial charge on any atom is -0.360 e.